The summed E-state index contributed by atoms with van der Waals surface area (Å²) in [4.78, 5) is 15.7. The second-order valence-corrected chi connectivity index (χ2v) is 5.44. The summed E-state index contributed by atoms with van der Waals surface area (Å²) in [5.74, 6) is -0.0304. The molecule has 0 spiro atoms. The molecule has 1 heterocycles. The number of hydrogen-bond donors (Lipinski definition) is 2. The number of ether oxygens (including phenoxy) is 1. The van der Waals surface area contributed by atoms with E-state index in [1.807, 2.05) is 19.1 Å². The Morgan fingerprint density at radius 3 is 2.67 bits per heavy atom. The van der Waals surface area contributed by atoms with E-state index in [0.717, 1.165) is 10.2 Å². The Labute approximate surface area is 131 Å². The molecule has 0 saturated carbocycles. The molecule has 0 unspecified atom stereocenters. The summed E-state index contributed by atoms with van der Waals surface area (Å²) in [6, 6.07) is 7.16. The second kappa shape index (κ2) is 6.13. The monoisotopic (exact) mass is 350 g/mol. The molecule has 1 aromatic carbocycles. The minimum absolute atomic E-state index is 0.169. The Kier molecular flexibility index (Phi) is 4.47. The molecule has 0 aliphatic carbocycles. The lowest BCUT2D eigenvalue weighted by atomic mass is 10.1. The van der Waals surface area contributed by atoms with Crippen LogP contribution in [-0.2, 0) is 0 Å². The van der Waals surface area contributed by atoms with Crippen LogP contribution in [0.2, 0.25) is 0 Å². The van der Waals surface area contributed by atoms with E-state index in [2.05, 4.69) is 26.2 Å². The van der Waals surface area contributed by atoms with Crippen LogP contribution in [0.15, 0.2) is 28.7 Å². The van der Waals surface area contributed by atoms with E-state index in [0.29, 0.717) is 22.8 Å². The molecule has 0 aliphatic rings. The van der Waals surface area contributed by atoms with E-state index >= 15 is 0 Å². The number of carbonyl (C=O) groups is 1. The van der Waals surface area contributed by atoms with Gasteiger partial charge in [0.1, 0.15) is 17.1 Å². The van der Waals surface area contributed by atoms with Gasteiger partial charge in [0.05, 0.1) is 11.6 Å². The highest BCUT2D eigenvalue weighted by molar-refractivity contribution is 9.10. The van der Waals surface area contributed by atoms with E-state index in [1.54, 1.807) is 26.2 Å². The van der Waals surface area contributed by atoms with Gasteiger partial charge in [-0.25, -0.2) is 9.78 Å². The van der Waals surface area contributed by atoms with Crippen LogP contribution in [-0.4, -0.2) is 23.2 Å². The van der Waals surface area contributed by atoms with Gasteiger partial charge in [0.25, 0.3) is 0 Å². The summed E-state index contributed by atoms with van der Waals surface area (Å²) in [6.07, 6.45) is 0. The summed E-state index contributed by atoms with van der Waals surface area (Å²) >= 11 is 3.37. The zero-order valence-corrected chi connectivity index (χ0v) is 13.5. The highest BCUT2D eigenvalue weighted by Crippen LogP contribution is 2.30. The summed E-state index contributed by atoms with van der Waals surface area (Å²) < 4.78 is 6.05. The van der Waals surface area contributed by atoms with Gasteiger partial charge in [0.2, 0.25) is 0 Å². The Morgan fingerprint density at radius 2 is 2.05 bits per heavy atom. The maximum absolute atomic E-state index is 11.4. The van der Waals surface area contributed by atoms with E-state index in [-0.39, 0.29) is 5.56 Å². The first kappa shape index (κ1) is 15.3. The number of methoxy groups -OCH3 is 1. The molecule has 0 aliphatic heterocycles. The maximum Gasteiger partial charge on any atom is 0.339 e. The third kappa shape index (κ3) is 3.33. The van der Waals surface area contributed by atoms with E-state index < -0.39 is 5.97 Å². The number of benzene rings is 1. The minimum Gasteiger partial charge on any atom is -0.495 e. The van der Waals surface area contributed by atoms with Crippen molar-refractivity contribution in [3.05, 3.63) is 45.6 Å². The van der Waals surface area contributed by atoms with Crippen LogP contribution in [0, 0.1) is 13.8 Å². The van der Waals surface area contributed by atoms with Crippen LogP contribution in [0.5, 0.6) is 5.75 Å². The number of carboxylic acid groups (broad SMARTS) is 1. The number of pyridine rings is 1. The Morgan fingerprint density at radius 1 is 1.33 bits per heavy atom. The molecule has 6 heteroatoms. The molecule has 0 saturated heterocycles. The van der Waals surface area contributed by atoms with Crippen molar-refractivity contribution in [2.45, 2.75) is 13.8 Å². The summed E-state index contributed by atoms with van der Waals surface area (Å²) in [7, 11) is 1.57. The summed E-state index contributed by atoms with van der Waals surface area (Å²) in [6.45, 7) is 3.58. The molecular formula is C15H15BrN2O3. The van der Waals surface area contributed by atoms with Gasteiger partial charge in [0, 0.05) is 17.4 Å². The van der Waals surface area contributed by atoms with Gasteiger partial charge >= 0.3 is 5.97 Å². The number of aromatic carboxylic acids is 1. The van der Waals surface area contributed by atoms with Crippen molar-refractivity contribution in [1.82, 2.24) is 4.98 Å². The molecular weight excluding hydrogens is 336 g/mol. The molecule has 2 N–H and O–H groups in total. The number of aryl methyl sites for hydroxylation is 2. The zero-order valence-electron chi connectivity index (χ0n) is 11.9. The number of nitrogens with one attached hydrogen (secondary N) is 1. The van der Waals surface area contributed by atoms with E-state index in [1.165, 1.54) is 0 Å². The lowest BCUT2D eigenvalue weighted by Gasteiger charge is -2.13. The van der Waals surface area contributed by atoms with Gasteiger partial charge in [-0.2, -0.15) is 0 Å². The molecule has 0 radical (unpaired) electrons. The quantitative estimate of drug-likeness (QED) is 0.874. The van der Waals surface area contributed by atoms with Crippen molar-refractivity contribution in [3.8, 4) is 5.75 Å². The number of aromatic nitrogens is 1. The van der Waals surface area contributed by atoms with Gasteiger partial charge in [-0.1, -0.05) is 0 Å². The predicted molar refractivity (Wildman–Crippen MR) is 84.6 cm³/mol. The van der Waals surface area contributed by atoms with Gasteiger partial charge in [-0.15, -0.1) is 0 Å². The van der Waals surface area contributed by atoms with Crippen molar-refractivity contribution in [2.24, 2.45) is 0 Å². The fourth-order valence-electron chi connectivity index (χ4n) is 2.07. The van der Waals surface area contributed by atoms with Gasteiger partial charge < -0.3 is 15.2 Å². The van der Waals surface area contributed by atoms with Crippen molar-refractivity contribution < 1.29 is 14.6 Å². The maximum atomic E-state index is 11.4. The molecule has 110 valence electrons. The number of carboxylic acids is 1. The number of rotatable bonds is 4. The third-order valence-electron chi connectivity index (χ3n) is 2.97. The molecule has 21 heavy (non-hydrogen) atoms. The average molecular weight is 351 g/mol. The molecule has 0 fully saturated rings. The molecule has 2 aromatic rings. The standard InChI is InChI=1S/C15H15BrN2O3/c1-8-6-9(2)17-14(13(8)15(19)20)18-10-4-5-11(16)12(7-10)21-3/h4-7H,1-3H3,(H,17,18)(H,19,20). The average Bonchev–Trinajstić information content (AvgIpc) is 2.39. The molecule has 0 amide bonds. The topological polar surface area (TPSA) is 71.5 Å². The van der Waals surface area contributed by atoms with Crippen molar-refractivity contribution in [3.63, 3.8) is 0 Å². The zero-order chi connectivity index (χ0) is 15.6. The lowest BCUT2D eigenvalue weighted by molar-refractivity contribution is 0.0697. The largest absolute Gasteiger partial charge is 0.495 e. The first-order valence-corrected chi connectivity index (χ1v) is 7.03. The first-order valence-electron chi connectivity index (χ1n) is 6.24. The van der Waals surface area contributed by atoms with Gasteiger partial charge in [0.15, 0.2) is 0 Å². The van der Waals surface area contributed by atoms with Crippen LogP contribution >= 0.6 is 15.9 Å². The molecule has 1 aromatic heterocycles. The van der Waals surface area contributed by atoms with E-state index in [9.17, 15) is 9.90 Å². The van der Waals surface area contributed by atoms with Crippen LogP contribution in [0.1, 0.15) is 21.6 Å². The van der Waals surface area contributed by atoms with Crippen LogP contribution in [0.3, 0.4) is 0 Å². The normalized spacial score (nSPS) is 10.3. The van der Waals surface area contributed by atoms with Crippen molar-refractivity contribution in [2.75, 3.05) is 12.4 Å². The third-order valence-corrected chi connectivity index (χ3v) is 3.63. The Balaban J connectivity index is 2.46. The van der Waals surface area contributed by atoms with Crippen molar-refractivity contribution in [1.29, 1.82) is 0 Å². The number of anilines is 2. The Hall–Kier alpha value is -2.08. The van der Waals surface area contributed by atoms with Crippen LogP contribution < -0.4 is 10.1 Å². The van der Waals surface area contributed by atoms with Crippen LogP contribution in [0.25, 0.3) is 0 Å². The SMILES string of the molecule is COc1cc(Nc2nc(C)cc(C)c2C(=O)O)ccc1Br. The predicted octanol–water partition coefficient (Wildman–Crippen LogP) is 3.91. The van der Waals surface area contributed by atoms with E-state index in [4.69, 9.17) is 4.74 Å². The molecule has 0 atom stereocenters. The van der Waals surface area contributed by atoms with Gasteiger partial charge in [-0.05, 0) is 53.5 Å². The Bertz CT molecular complexity index is 702. The molecule has 5 nitrogen and oxygen atoms in total. The van der Waals surface area contributed by atoms with Crippen LogP contribution in [0.4, 0.5) is 11.5 Å². The van der Waals surface area contributed by atoms with Crippen molar-refractivity contribution >= 4 is 33.4 Å². The number of halogens is 1. The number of nitrogens with zero attached hydrogens (tertiary/aromatic N) is 1. The molecule has 0 bridgehead atoms. The minimum atomic E-state index is -1.01. The highest BCUT2D eigenvalue weighted by Gasteiger charge is 2.16. The summed E-state index contributed by atoms with van der Waals surface area (Å²) in [5, 5.41) is 12.4. The fraction of sp³-hybridized carbons (Fsp3) is 0.200. The first-order chi connectivity index (χ1) is 9.92. The second-order valence-electron chi connectivity index (χ2n) is 4.58. The highest BCUT2D eigenvalue weighted by atomic mass is 79.9. The smallest absolute Gasteiger partial charge is 0.339 e. The van der Waals surface area contributed by atoms with Gasteiger partial charge in [-0.3, -0.25) is 0 Å². The fourth-order valence-corrected chi connectivity index (χ4v) is 2.48. The summed E-state index contributed by atoms with van der Waals surface area (Å²) in [5.41, 5.74) is 2.29. The lowest BCUT2D eigenvalue weighted by Crippen LogP contribution is -2.08. The number of hydrogen-bond acceptors (Lipinski definition) is 4. The molecule has 2 rings (SSSR count).